The Labute approximate surface area is 125 Å². The minimum Gasteiger partial charge on any atom is -0.371 e. The molecule has 0 unspecified atom stereocenters. The molecule has 3 aromatic heterocycles. The molecule has 0 aromatic carbocycles. The maximum Gasteiger partial charge on any atom is 0.285 e. The number of rotatable bonds is 4. The van der Waals surface area contributed by atoms with Gasteiger partial charge in [-0.05, 0) is 12.1 Å². The van der Waals surface area contributed by atoms with E-state index in [2.05, 4.69) is 15.3 Å². The summed E-state index contributed by atoms with van der Waals surface area (Å²) < 4.78 is 28.5. The Bertz CT molecular complexity index is 870. The molecule has 1 N–H and O–H groups in total. The Morgan fingerprint density at radius 1 is 1.38 bits per heavy atom. The van der Waals surface area contributed by atoms with Crippen molar-refractivity contribution in [3.63, 3.8) is 0 Å². The lowest BCUT2D eigenvalue weighted by Gasteiger charge is -2.18. The van der Waals surface area contributed by atoms with Crippen molar-refractivity contribution in [1.82, 2.24) is 14.4 Å². The van der Waals surface area contributed by atoms with Crippen molar-refractivity contribution in [2.75, 3.05) is 23.7 Å². The predicted molar refractivity (Wildman–Crippen MR) is 82.4 cm³/mol. The Morgan fingerprint density at radius 2 is 2.19 bits per heavy atom. The van der Waals surface area contributed by atoms with Gasteiger partial charge in [-0.25, -0.2) is 9.97 Å². The van der Waals surface area contributed by atoms with Crippen LogP contribution in [0, 0.1) is 0 Å². The van der Waals surface area contributed by atoms with E-state index in [9.17, 15) is 8.42 Å². The number of aromatic nitrogens is 3. The molecule has 0 amide bonds. The maximum atomic E-state index is 12.9. The van der Waals surface area contributed by atoms with E-state index < -0.39 is 10.0 Å². The third-order valence-electron chi connectivity index (χ3n) is 3.03. The molecule has 21 heavy (non-hydrogen) atoms. The first-order valence-electron chi connectivity index (χ1n) is 6.09. The maximum absolute atomic E-state index is 12.9. The van der Waals surface area contributed by atoms with Crippen LogP contribution in [0.4, 0.5) is 11.6 Å². The quantitative estimate of drug-likeness (QED) is 0.790. The summed E-state index contributed by atoms with van der Waals surface area (Å²) in [6.07, 6.45) is 3.24. The number of thiazole rings is 1. The third kappa shape index (κ3) is 2.14. The number of pyridine rings is 1. The molecule has 0 aliphatic rings. The lowest BCUT2D eigenvalue weighted by atomic mass is 10.5. The number of fused-ring (bicyclic) bond motifs is 1. The van der Waals surface area contributed by atoms with E-state index >= 15 is 0 Å². The number of hydrogen-bond acceptors (Lipinski definition) is 6. The van der Waals surface area contributed by atoms with Crippen LogP contribution in [0.3, 0.4) is 0 Å². The van der Waals surface area contributed by atoms with E-state index in [4.69, 9.17) is 0 Å². The first-order chi connectivity index (χ1) is 10.1. The summed E-state index contributed by atoms with van der Waals surface area (Å²) in [5.41, 5.74) is 0. The molecular formula is C12H13N5O2S2. The molecule has 3 heterocycles. The molecule has 0 bridgehead atoms. The normalized spacial score (nSPS) is 11.7. The van der Waals surface area contributed by atoms with Crippen LogP contribution >= 0.6 is 11.3 Å². The highest BCUT2D eigenvalue weighted by Crippen LogP contribution is 2.29. The number of nitrogens with one attached hydrogen (secondary N) is 1. The van der Waals surface area contributed by atoms with Gasteiger partial charge in [0.2, 0.25) is 5.03 Å². The van der Waals surface area contributed by atoms with Gasteiger partial charge in [-0.3, -0.25) is 8.71 Å². The van der Waals surface area contributed by atoms with Gasteiger partial charge in [-0.2, -0.15) is 8.42 Å². The zero-order chi connectivity index (χ0) is 15.0. The van der Waals surface area contributed by atoms with Crippen molar-refractivity contribution in [2.24, 2.45) is 0 Å². The molecule has 7 nitrogen and oxygen atoms in total. The Balaban J connectivity index is 2.18. The predicted octanol–water partition coefficient (Wildman–Crippen LogP) is 1.66. The lowest BCUT2D eigenvalue weighted by Crippen LogP contribution is -2.28. The van der Waals surface area contributed by atoms with Gasteiger partial charge in [0.25, 0.3) is 10.0 Å². The number of hydrogen-bond donors (Lipinski definition) is 1. The molecule has 0 fully saturated rings. The van der Waals surface area contributed by atoms with E-state index in [0.29, 0.717) is 16.6 Å². The summed E-state index contributed by atoms with van der Waals surface area (Å²) >= 11 is 1.37. The van der Waals surface area contributed by atoms with Crippen molar-refractivity contribution in [3.05, 3.63) is 36.0 Å². The summed E-state index contributed by atoms with van der Waals surface area (Å²) in [4.78, 5) is 8.97. The van der Waals surface area contributed by atoms with Gasteiger partial charge in [-0.15, -0.1) is 11.3 Å². The molecule has 0 saturated heterocycles. The fourth-order valence-corrected chi connectivity index (χ4v) is 4.14. The molecule has 0 spiro atoms. The van der Waals surface area contributed by atoms with Crippen molar-refractivity contribution in [1.29, 1.82) is 0 Å². The van der Waals surface area contributed by atoms with Crippen molar-refractivity contribution < 1.29 is 8.42 Å². The van der Waals surface area contributed by atoms with Crippen LogP contribution in [-0.4, -0.2) is 36.9 Å². The number of nitrogens with zero attached hydrogens (tertiary/aromatic N) is 4. The van der Waals surface area contributed by atoms with Crippen LogP contribution < -0.4 is 9.62 Å². The van der Waals surface area contributed by atoms with Crippen LogP contribution in [0.15, 0.2) is 41.0 Å². The summed E-state index contributed by atoms with van der Waals surface area (Å²) in [6, 6.07) is 5.12. The number of imidazole rings is 1. The fraction of sp³-hybridized carbons (Fsp3) is 0.167. The van der Waals surface area contributed by atoms with Crippen LogP contribution in [0.2, 0.25) is 0 Å². The third-order valence-corrected chi connectivity index (χ3v) is 5.58. The molecule has 110 valence electrons. The van der Waals surface area contributed by atoms with Gasteiger partial charge in [0.05, 0.1) is 0 Å². The summed E-state index contributed by atoms with van der Waals surface area (Å²) in [7, 11) is -0.652. The SMILES string of the molecule is CNc1nc2sccn2c1S(=O)(=O)N(C)c1ccccn1. The van der Waals surface area contributed by atoms with E-state index in [1.807, 2.05) is 0 Å². The van der Waals surface area contributed by atoms with Crippen molar-refractivity contribution >= 4 is 38.0 Å². The van der Waals surface area contributed by atoms with Gasteiger partial charge in [0.1, 0.15) is 5.82 Å². The van der Waals surface area contributed by atoms with Gasteiger partial charge < -0.3 is 5.32 Å². The topological polar surface area (TPSA) is 79.6 Å². The zero-order valence-electron chi connectivity index (χ0n) is 11.4. The van der Waals surface area contributed by atoms with E-state index in [0.717, 1.165) is 4.31 Å². The first-order valence-corrected chi connectivity index (χ1v) is 8.41. The minimum atomic E-state index is -3.77. The first kappa shape index (κ1) is 13.8. The highest BCUT2D eigenvalue weighted by atomic mass is 32.2. The molecular weight excluding hydrogens is 310 g/mol. The average molecular weight is 323 g/mol. The largest absolute Gasteiger partial charge is 0.371 e. The van der Waals surface area contributed by atoms with E-state index in [-0.39, 0.29) is 5.03 Å². The summed E-state index contributed by atoms with van der Waals surface area (Å²) in [5.74, 6) is 0.675. The molecule has 3 aromatic rings. The standard InChI is InChI=1S/C12H13N5O2S2/c1-13-10-11(17-7-8-20-12(17)15-10)21(18,19)16(2)9-5-3-4-6-14-9/h3-8,13H,1-2H3. The van der Waals surface area contributed by atoms with Crippen molar-refractivity contribution in [2.45, 2.75) is 5.03 Å². The Kier molecular flexibility index (Phi) is 3.30. The van der Waals surface area contributed by atoms with Gasteiger partial charge in [0, 0.05) is 31.9 Å². The molecule has 0 aliphatic heterocycles. The van der Waals surface area contributed by atoms with Crippen LogP contribution in [0.1, 0.15) is 0 Å². The molecule has 0 radical (unpaired) electrons. The van der Waals surface area contributed by atoms with Gasteiger partial charge in [-0.1, -0.05) is 6.07 Å². The van der Waals surface area contributed by atoms with Crippen LogP contribution in [0.25, 0.3) is 4.96 Å². The summed E-state index contributed by atoms with van der Waals surface area (Å²) in [5, 5.41) is 4.73. The Hall–Kier alpha value is -2.13. The van der Waals surface area contributed by atoms with Crippen molar-refractivity contribution in [3.8, 4) is 0 Å². The van der Waals surface area contributed by atoms with Gasteiger partial charge >= 0.3 is 0 Å². The fourth-order valence-electron chi connectivity index (χ4n) is 1.97. The number of anilines is 2. The smallest absolute Gasteiger partial charge is 0.285 e. The Morgan fingerprint density at radius 3 is 2.86 bits per heavy atom. The van der Waals surface area contributed by atoms with Crippen LogP contribution in [0.5, 0.6) is 0 Å². The minimum absolute atomic E-state index is 0.106. The number of sulfonamides is 1. The van der Waals surface area contributed by atoms with Gasteiger partial charge in [0.15, 0.2) is 10.8 Å². The van der Waals surface area contributed by atoms with E-state index in [1.165, 1.54) is 18.4 Å². The second kappa shape index (κ2) is 5.01. The highest BCUT2D eigenvalue weighted by Gasteiger charge is 2.30. The molecule has 0 saturated carbocycles. The average Bonchev–Trinajstić information content (AvgIpc) is 3.06. The monoisotopic (exact) mass is 323 g/mol. The summed E-state index contributed by atoms with van der Waals surface area (Å²) in [6.45, 7) is 0. The van der Waals surface area contributed by atoms with Crippen LogP contribution in [-0.2, 0) is 10.0 Å². The molecule has 0 aliphatic carbocycles. The second-order valence-electron chi connectivity index (χ2n) is 4.23. The lowest BCUT2D eigenvalue weighted by molar-refractivity contribution is 0.589. The molecule has 0 atom stereocenters. The second-order valence-corrected chi connectivity index (χ2v) is 6.99. The van der Waals surface area contributed by atoms with E-state index in [1.54, 1.807) is 47.4 Å². The molecule has 9 heteroatoms. The zero-order valence-corrected chi connectivity index (χ0v) is 13.0. The molecule has 3 rings (SSSR count). The highest BCUT2D eigenvalue weighted by molar-refractivity contribution is 7.92.